The number of H-pyrrole nitrogens is 1. The Morgan fingerprint density at radius 3 is 2.62 bits per heavy atom. The number of hydrogen-bond donors (Lipinski definition) is 1. The number of aromatic amines is 1. The van der Waals surface area contributed by atoms with Crippen molar-refractivity contribution in [2.24, 2.45) is 0 Å². The van der Waals surface area contributed by atoms with E-state index in [-0.39, 0.29) is 0 Å². The molecule has 1 aliphatic heterocycles. The summed E-state index contributed by atoms with van der Waals surface area (Å²) in [7, 11) is 0. The third kappa shape index (κ3) is 1.82. The summed E-state index contributed by atoms with van der Waals surface area (Å²) in [5, 5.41) is 10.3. The van der Waals surface area contributed by atoms with E-state index in [1.54, 1.807) is 6.20 Å². The second kappa shape index (κ2) is 3.67. The van der Waals surface area contributed by atoms with E-state index in [9.17, 15) is 0 Å². The van der Waals surface area contributed by atoms with Gasteiger partial charge in [0.2, 0.25) is 0 Å². The molecule has 0 atom stereocenters. The zero-order chi connectivity index (χ0) is 8.93. The highest BCUT2D eigenvalue weighted by molar-refractivity contribution is 5.55. The first-order valence-corrected chi connectivity index (χ1v) is 4.05. The summed E-state index contributed by atoms with van der Waals surface area (Å²) in [5.74, 6) is 0. The molecule has 1 N–H and O–H groups in total. The van der Waals surface area contributed by atoms with Gasteiger partial charge in [0.25, 0.3) is 0 Å². The molecule has 2 aliphatic rings. The van der Waals surface area contributed by atoms with Crippen molar-refractivity contribution in [3.63, 3.8) is 0 Å². The number of nitrogens with one attached hydrogen (secondary N) is 1. The van der Waals surface area contributed by atoms with Gasteiger partial charge in [-0.15, -0.1) is 5.10 Å². The molecule has 0 unspecified atom stereocenters. The average Bonchev–Trinajstić information content (AvgIpc) is 2.28. The highest BCUT2D eigenvalue weighted by atomic mass is 15.3. The van der Waals surface area contributed by atoms with Gasteiger partial charge < -0.3 is 0 Å². The van der Waals surface area contributed by atoms with Crippen molar-refractivity contribution in [3.05, 3.63) is 48.7 Å². The van der Waals surface area contributed by atoms with Crippen LogP contribution in [0.2, 0.25) is 0 Å². The zero-order valence-corrected chi connectivity index (χ0v) is 7.01. The van der Waals surface area contributed by atoms with Crippen molar-refractivity contribution >= 4 is 0 Å². The molecule has 1 heterocycles. The van der Waals surface area contributed by atoms with Crippen LogP contribution in [0.25, 0.3) is 11.3 Å². The van der Waals surface area contributed by atoms with Gasteiger partial charge in [0.05, 0.1) is 11.9 Å². The van der Waals surface area contributed by atoms with Gasteiger partial charge in [-0.2, -0.15) is 0 Å². The van der Waals surface area contributed by atoms with Gasteiger partial charge in [-0.3, -0.25) is 5.10 Å². The lowest BCUT2D eigenvalue weighted by molar-refractivity contribution is 0.869. The van der Waals surface area contributed by atoms with Crippen LogP contribution in [-0.4, -0.2) is 15.4 Å². The monoisotopic (exact) mass is 171 g/mol. The molecule has 13 heavy (non-hydrogen) atoms. The molecule has 3 nitrogen and oxygen atoms in total. The van der Waals surface area contributed by atoms with Gasteiger partial charge in [0.1, 0.15) is 0 Å². The Kier molecular flexibility index (Phi) is 2.18. The van der Waals surface area contributed by atoms with Crippen LogP contribution in [-0.2, 0) is 0 Å². The summed E-state index contributed by atoms with van der Waals surface area (Å²) in [6, 6.07) is 13.8. The molecule has 0 bridgehead atoms. The molecular weight excluding hydrogens is 162 g/mol. The van der Waals surface area contributed by atoms with Crippen LogP contribution in [0.5, 0.6) is 0 Å². The van der Waals surface area contributed by atoms with Crippen LogP contribution in [0.4, 0.5) is 0 Å². The Bertz CT molecular complexity index is 369. The van der Waals surface area contributed by atoms with Gasteiger partial charge in [-0.05, 0) is 6.07 Å². The average molecular weight is 171 g/mol. The molecule has 0 saturated carbocycles. The van der Waals surface area contributed by atoms with E-state index in [1.165, 1.54) is 0 Å². The first kappa shape index (κ1) is 7.73. The number of hydrogen-bond acceptors (Lipinski definition) is 2. The largest absolute Gasteiger partial charge is 0.259 e. The number of aromatic nitrogens is 3. The minimum Gasteiger partial charge on any atom is -0.259 e. The Balaban J connectivity index is 2.69. The summed E-state index contributed by atoms with van der Waals surface area (Å²) in [5.41, 5.74) is 2.00. The maximum atomic E-state index is 3.78. The lowest BCUT2D eigenvalue weighted by Crippen LogP contribution is -1.89. The Morgan fingerprint density at radius 1 is 0.923 bits per heavy atom. The molecular formula is C10H9N3. The van der Waals surface area contributed by atoms with Gasteiger partial charge in [0.15, 0.2) is 0 Å². The van der Waals surface area contributed by atoms with Crippen LogP contribution >= 0.6 is 0 Å². The highest BCUT2D eigenvalue weighted by Gasteiger charge is 1.94. The number of nitrogens with zero attached hydrogens (tertiary/aromatic N) is 2. The standard InChI is InChI=1S/C10H9N3/c1-2-4-6-9-8-11-13-12-10(9)7-5-3-1/h1-8H,(H,11,12). The number of rotatable bonds is 0. The smallest absolute Gasteiger partial charge is 0.0667 e. The fourth-order valence-corrected chi connectivity index (χ4v) is 1.08. The second-order valence-corrected chi connectivity index (χ2v) is 2.62. The molecule has 0 aromatic heterocycles. The zero-order valence-electron chi connectivity index (χ0n) is 7.01. The minimum absolute atomic E-state index is 0.964. The lowest BCUT2D eigenvalue weighted by atomic mass is 10.2. The van der Waals surface area contributed by atoms with Crippen molar-refractivity contribution in [3.8, 4) is 11.3 Å². The van der Waals surface area contributed by atoms with E-state index in [0.717, 1.165) is 11.3 Å². The Hall–Kier alpha value is -1.90. The van der Waals surface area contributed by atoms with Crippen LogP contribution in [0.3, 0.4) is 0 Å². The summed E-state index contributed by atoms with van der Waals surface area (Å²) in [4.78, 5) is 0. The van der Waals surface area contributed by atoms with Crippen LogP contribution in [0, 0.1) is 0 Å². The Labute approximate surface area is 76.1 Å². The van der Waals surface area contributed by atoms with Crippen LogP contribution in [0.15, 0.2) is 48.7 Å². The van der Waals surface area contributed by atoms with E-state index in [2.05, 4.69) is 15.4 Å². The molecule has 0 aromatic rings. The molecule has 64 valence electrons. The van der Waals surface area contributed by atoms with Gasteiger partial charge in [0, 0.05) is 5.56 Å². The predicted molar refractivity (Wildman–Crippen MR) is 50.6 cm³/mol. The molecule has 0 fully saturated rings. The molecule has 0 saturated heterocycles. The van der Waals surface area contributed by atoms with Crippen LogP contribution < -0.4 is 0 Å². The highest BCUT2D eigenvalue weighted by Crippen LogP contribution is 2.11. The lowest BCUT2D eigenvalue weighted by Gasteiger charge is -1.96. The van der Waals surface area contributed by atoms with E-state index < -0.39 is 0 Å². The third-order valence-electron chi connectivity index (χ3n) is 1.72. The SMILES string of the molecule is c1cccc2cnn[nH]c-2ccc1. The summed E-state index contributed by atoms with van der Waals surface area (Å²) >= 11 is 0. The Morgan fingerprint density at radius 2 is 1.69 bits per heavy atom. The fraction of sp³-hybridized carbons (Fsp3) is 0. The van der Waals surface area contributed by atoms with E-state index in [1.807, 2.05) is 42.5 Å². The van der Waals surface area contributed by atoms with Gasteiger partial charge >= 0.3 is 0 Å². The van der Waals surface area contributed by atoms with Crippen molar-refractivity contribution in [1.82, 2.24) is 15.4 Å². The van der Waals surface area contributed by atoms with E-state index >= 15 is 0 Å². The molecule has 0 aromatic carbocycles. The second-order valence-electron chi connectivity index (χ2n) is 2.62. The third-order valence-corrected chi connectivity index (χ3v) is 1.72. The first-order chi connectivity index (χ1) is 6.47. The normalized spacial score (nSPS) is 9.54. The summed E-state index contributed by atoms with van der Waals surface area (Å²) in [6.07, 6.45) is 1.73. The van der Waals surface area contributed by atoms with Crippen molar-refractivity contribution in [1.29, 1.82) is 0 Å². The topological polar surface area (TPSA) is 41.6 Å². The molecule has 0 spiro atoms. The molecule has 2 rings (SSSR count). The van der Waals surface area contributed by atoms with Crippen molar-refractivity contribution in [2.45, 2.75) is 0 Å². The van der Waals surface area contributed by atoms with Crippen LogP contribution in [0.1, 0.15) is 0 Å². The fourth-order valence-electron chi connectivity index (χ4n) is 1.08. The number of fused-ring (bicyclic) bond motifs is 1. The van der Waals surface area contributed by atoms with E-state index in [0.29, 0.717) is 0 Å². The van der Waals surface area contributed by atoms with Crippen molar-refractivity contribution < 1.29 is 0 Å². The molecule has 0 radical (unpaired) electrons. The van der Waals surface area contributed by atoms with Crippen molar-refractivity contribution in [2.75, 3.05) is 0 Å². The van der Waals surface area contributed by atoms with Gasteiger partial charge in [-0.25, -0.2) is 0 Å². The maximum Gasteiger partial charge on any atom is 0.0667 e. The van der Waals surface area contributed by atoms with Gasteiger partial charge in [-0.1, -0.05) is 41.6 Å². The minimum atomic E-state index is 0.964. The maximum absolute atomic E-state index is 3.78. The first-order valence-electron chi connectivity index (χ1n) is 4.05. The quantitative estimate of drug-likeness (QED) is 0.659. The summed E-state index contributed by atoms with van der Waals surface area (Å²) in [6.45, 7) is 0. The molecule has 1 aliphatic carbocycles. The molecule has 0 amide bonds. The molecule has 3 heteroatoms. The predicted octanol–water partition coefficient (Wildman–Crippen LogP) is 2.03. The van der Waals surface area contributed by atoms with E-state index in [4.69, 9.17) is 0 Å². The summed E-state index contributed by atoms with van der Waals surface area (Å²) < 4.78 is 0.